The van der Waals surface area contributed by atoms with Gasteiger partial charge in [-0.2, -0.15) is 0 Å². The zero-order chi connectivity index (χ0) is 11.5. The molecule has 0 saturated heterocycles. The molecule has 1 nitrogen and oxygen atoms in total. The summed E-state index contributed by atoms with van der Waals surface area (Å²) >= 11 is 0. The maximum atomic E-state index is 13.1. The minimum absolute atomic E-state index is 0.217. The second-order valence-electron chi connectivity index (χ2n) is 3.69. The molecule has 0 aliphatic heterocycles. The molecule has 0 aliphatic carbocycles. The first-order chi connectivity index (χ1) is 7.70. The zero-order valence-electron chi connectivity index (χ0n) is 9.33. The molecule has 0 aromatic heterocycles. The summed E-state index contributed by atoms with van der Waals surface area (Å²) in [5.41, 5.74) is 2.92. The van der Waals surface area contributed by atoms with Crippen LogP contribution in [0, 0.1) is 12.7 Å². The van der Waals surface area contributed by atoms with Gasteiger partial charge in [-0.3, -0.25) is 0 Å². The molecule has 0 bridgehead atoms. The molecule has 0 aliphatic rings. The number of halogens is 1. The van der Waals surface area contributed by atoms with Crippen LogP contribution in [0.1, 0.15) is 5.56 Å². The Labute approximate surface area is 94.5 Å². The molecule has 0 atom stereocenters. The smallest absolute Gasteiger partial charge is 0.123 e. The van der Waals surface area contributed by atoms with Crippen LogP contribution >= 0.6 is 0 Å². The molecule has 0 N–H and O–H groups in total. The lowest BCUT2D eigenvalue weighted by Gasteiger charge is -2.07. The predicted molar refractivity (Wildman–Crippen MR) is 63.1 cm³/mol. The fourth-order valence-electron chi connectivity index (χ4n) is 1.73. The highest BCUT2D eigenvalue weighted by molar-refractivity contribution is 5.65. The van der Waals surface area contributed by atoms with Crippen molar-refractivity contribution in [2.75, 3.05) is 7.11 Å². The molecule has 16 heavy (non-hydrogen) atoms. The molecule has 2 aromatic carbocycles. The minimum atomic E-state index is -0.217. The molecule has 82 valence electrons. The van der Waals surface area contributed by atoms with E-state index < -0.39 is 0 Å². The van der Waals surface area contributed by atoms with E-state index in [9.17, 15) is 4.39 Å². The number of methoxy groups -OCH3 is 1. The van der Waals surface area contributed by atoms with Crippen LogP contribution in [0.2, 0.25) is 0 Å². The summed E-state index contributed by atoms with van der Waals surface area (Å²) < 4.78 is 18.3. The van der Waals surface area contributed by atoms with Crippen molar-refractivity contribution in [1.29, 1.82) is 0 Å². The first-order valence-corrected chi connectivity index (χ1v) is 5.11. The minimum Gasteiger partial charge on any atom is -0.496 e. The monoisotopic (exact) mass is 216 g/mol. The maximum Gasteiger partial charge on any atom is 0.123 e. The highest BCUT2D eigenvalue weighted by Crippen LogP contribution is 2.26. The van der Waals surface area contributed by atoms with Crippen molar-refractivity contribution in [2.45, 2.75) is 6.92 Å². The molecule has 2 aromatic rings. The fourth-order valence-corrected chi connectivity index (χ4v) is 1.73. The molecule has 0 radical (unpaired) electrons. The number of hydrogen-bond acceptors (Lipinski definition) is 1. The molecule has 0 unspecified atom stereocenters. The van der Waals surface area contributed by atoms with Gasteiger partial charge in [-0.05, 0) is 47.9 Å². The highest BCUT2D eigenvalue weighted by Gasteiger charge is 2.02. The lowest BCUT2D eigenvalue weighted by atomic mass is 10.0. The molecule has 0 fully saturated rings. The summed E-state index contributed by atoms with van der Waals surface area (Å²) in [6.07, 6.45) is 0. The Morgan fingerprint density at radius 3 is 2.38 bits per heavy atom. The standard InChI is InChI=1S/C14H13FO/c1-10-8-12(6-7-14(10)16-2)11-4-3-5-13(15)9-11/h3-9H,1-2H3. The van der Waals surface area contributed by atoms with Gasteiger partial charge in [0.25, 0.3) is 0 Å². The third-order valence-corrected chi connectivity index (χ3v) is 2.55. The Hall–Kier alpha value is -1.83. The lowest BCUT2D eigenvalue weighted by molar-refractivity contribution is 0.412. The summed E-state index contributed by atoms with van der Waals surface area (Å²) in [4.78, 5) is 0. The molecule has 0 spiro atoms. The van der Waals surface area contributed by atoms with Crippen LogP contribution in [0.5, 0.6) is 5.75 Å². The third-order valence-electron chi connectivity index (χ3n) is 2.55. The van der Waals surface area contributed by atoms with Gasteiger partial charge in [0.2, 0.25) is 0 Å². The van der Waals surface area contributed by atoms with Crippen LogP contribution < -0.4 is 4.74 Å². The van der Waals surface area contributed by atoms with Crippen molar-refractivity contribution >= 4 is 0 Å². The zero-order valence-corrected chi connectivity index (χ0v) is 9.33. The van der Waals surface area contributed by atoms with Crippen LogP contribution in [0.15, 0.2) is 42.5 Å². The number of benzene rings is 2. The topological polar surface area (TPSA) is 9.23 Å². The van der Waals surface area contributed by atoms with Gasteiger partial charge in [-0.25, -0.2) is 4.39 Å². The normalized spacial score (nSPS) is 10.2. The van der Waals surface area contributed by atoms with Crippen LogP contribution in [0.4, 0.5) is 4.39 Å². The van der Waals surface area contributed by atoms with E-state index in [1.54, 1.807) is 13.2 Å². The van der Waals surface area contributed by atoms with Crippen LogP contribution in [0.25, 0.3) is 11.1 Å². The molecule has 0 heterocycles. The Bertz CT molecular complexity index is 506. The largest absolute Gasteiger partial charge is 0.496 e. The molecule has 0 saturated carbocycles. The van der Waals surface area contributed by atoms with Gasteiger partial charge in [0.05, 0.1) is 7.11 Å². The highest BCUT2D eigenvalue weighted by atomic mass is 19.1. The molecular weight excluding hydrogens is 203 g/mol. The van der Waals surface area contributed by atoms with E-state index in [0.29, 0.717) is 0 Å². The SMILES string of the molecule is COc1ccc(-c2cccc(F)c2)cc1C. The summed E-state index contributed by atoms with van der Waals surface area (Å²) in [5.74, 6) is 0.631. The van der Waals surface area contributed by atoms with Gasteiger partial charge in [0.1, 0.15) is 11.6 Å². The number of hydrogen-bond donors (Lipinski definition) is 0. The number of rotatable bonds is 2. The van der Waals surface area contributed by atoms with Crippen molar-refractivity contribution in [3.8, 4) is 16.9 Å². The average Bonchev–Trinajstić information content (AvgIpc) is 2.29. The molecule has 2 rings (SSSR count). The van der Waals surface area contributed by atoms with Gasteiger partial charge in [0.15, 0.2) is 0 Å². The van der Waals surface area contributed by atoms with Gasteiger partial charge in [0, 0.05) is 0 Å². The van der Waals surface area contributed by atoms with Gasteiger partial charge < -0.3 is 4.74 Å². The fraction of sp³-hybridized carbons (Fsp3) is 0.143. The summed E-state index contributed by atoms with van der Waals surface area (Å²) in [5, 5.41) is 0. The van der Waals surface area contributed by atoms with E-state index in [1.165, 1.54) is 12.1 Å². The quantitative estimate of drug-likeness (QED) is 0.741. The van der Waals surface area contributed by atoms with E-state index in [-0.39, 0.29) is 5.82 Å². The maximum absolute atomic E-state index is 13.1. The van der Waals surface area contributed by atoms with Gasteiger partial charge >= 0.3 is 0 Å². The summed E-state index contributed by atoms with van der Waals surface area (Å²) in [7, 11) is 1.64. The first-order valence-electron chi connectivity index (χ1n) is 5.11. The Morgan fingerprint density at radius 2 is 1.75 bits per heavy atom. The van der Waals surface area contributed by atoms with Gasteiger partial charge in [-0.15, -0.1) is 0 Å². The third kappa shape index (κ3) is 2.06. The molecule has 2 heteroatoms. The van der Waals surface area contributed by atoms with E-state index >= 15 is 0 Å². The Kier molecular flexibility index (Phi) is 2.91. The second-order valence-corrected chi connectivity index (χ2v) is 3.69. The summed E-state index contributed by atoms with van der Waals surface area (Å²) in [6, 6.07) is 12.4. The number of aryl methyl sites for hydroxylation is 1. The van der Waals surface area contributed by atoms with Crippen LogP contribution in [-0.4, -0.2) is 7.11 Å². The predicted octanol–water partition coefficient (Wildman–Crippen LogP) is 3.81. The summed E-state index contributed by atoms with van der Waals surface area (Å²) in [6.45, 7) is 1.97. The van der Waals surface area contributed by atoms with Crippen LogP contribution in [0.3, 0.4) is 0 Å². The molecular formula is C14H13FO. The van der Waals surface area contributed by atoms with E-state index in [0.717, 1.165) is 22.4 Å². The Balaban J connectivity index is 2.45. The van der Waals surface area contributed by atoms with Gasteiger partial charge in [-0.1, -0.05) is 18.2 Å². The average molecular weight is 216 g/mol. The van der Waals surface area contributed by atoms with Crippen molar-refractivity contribution in [2.24, 2.45) is 0 Å². The van der Waals surface area contributed by atoms with E-state index in [4.69, 9.17) is 4.74 Å². The first kappa shape index (κ1) is 10.7. The van der Waals surface area contributed by atoms with Crippen molar-refractivity contribution < 1.29 is 9.13 Å². The van der Waals surface area contributed by atoms with E-state index in [1.807, 2.05) is 31.2 Å². The van der Waals surface area contributed by atoms with Crippen LogP contribution in [-0.2, 0) is 0 Å². The van der Waals surface area contributed by atoms with E-state index in [2.05, 4.69) is 0 Å². The second kappa shape index (κ2) is 4.35. The molecule has 0 amide bonds. The lowest BCUT2D eigenvalue weighted by Crippen LogP contribution is -1.88. The van der Waals surface area contributed by atoms with Crippen molar-refractivity contribution in [3.63, 3.8) is 0 Å². The Morgan fingerprint density at radius 1 is 1.00 bits per heavy atom. The van der Waals surface area contributed by atoms with Crippen molar-refractivity contribution in [3.05, 3.63) is 53.8 Å². The number of ether oxygens (including phenoxy) is 1. The van der Waals surface area contributed by atoms with Crippen molar-refractivity contribution in [1.82, 2.24) is 0 Å².